The maximum absolute atomic E-state index is 12.0. The number of carbonyl (C=O) groups excluding carboxylic acids is 1. The van der Waals surface area contributed by atoms with Crippen LogP contribution >= 0.6 is 0 Å². The number of benzene rings is 2. The predicted octanol–water partition coefficient (Wildman–Crippen LogP) is 4.56. The first-order valence-electron chi connectivity index (χ1n) is 11.1. The molecule has 0 radical (unpaired) electrons. The fourth-order valence-corrected chi connectivity index (χ4v) is 3.36. The Hall–Kier alpha value is -3.61. The Kier molecular flexibility index (Phi) is 8.24. The number of rotatable bonds is 11. The van der Waals surface area contributed by atoms with Crippen molar-refractivity contribution in [2.45, 2.75) is 46.6 Å². The minimum atomic E-state index is -0.856. The number of aryl methyl sites for hydroxylation is 2. The first-order chi connectivity index (χ1) is 15.8. The molecule has 0 unspecified atom stereocenters. The fourth-order valence-electron chi connectivity index (χ4n) is 3.36. The molecule has 0 saturated heterocycles. The molecule has 33 heavy (non-hydrogen) atoms. The predicted molar refractivity (Wildman–Crippen MR) is 125 cm³/mol. The van der Waals surface area contributed by atoms with Gasteiger partial charge in [-0.2, -0.15) is 0 Å². The maximum atomic E-state index is 12.0. The van der Waals surface area contributed by atoms with Gasteiger partial charge >= 0.3 is 5.97 Å². The molecule has 7 heteroatoms. The van der Waals surface area contributed by atoms with Gasteiger partial charge in [-0.25, -0.2) is 4.98 Å². The summed E-state index contributed by atoms with van der Waals surface area (Å²) in [4.78, 5) is 27.6. The number of hydrogen-bond donors (Lipinski definition) is 2. The van der Waals surface area contributed by atoms with E-state index in [-0.39, 0.29) is 18.2 Å². The Labute approximate surface area is 193 Å². The monoisotopic (exact) mass is 450 g/mol. The molecule has 1 aromatic heterocycles. The van der Waals surface area contributed by atoms with E-state index in [1.165, 1.54) is 0 Å². The Balaban J connectivity index is 1.65. The van der Waals surface area contributed by atoms with Crippen LogP contribution < -0.4 is 10.1 Å². The van der Waals surface area contributed by atoms with Crippen LogP contribution in [0.1, 0.15) is 42.8 Å². The summed E-state index contributed by atoms with van der Waals surface area (Å²) < 4.78 is 11.7. The lowest BCUT2D eigenvalue weighted by Crippen LogP contribution is -2.27. The number of nitrogens with zero attached hydrogens (tertiary/aromatic N) is 1. The molecule has 0 fully saturated rings. The van der Waals surface area contributed by atoms with Crippen LogP contribution in [0.15, 0.2) is 52.9 Å². The van der Waals surface area contributed by atoms with Crippen molar-refractivity contribution < 1.29 is 23.8 Å². The van der Waals surface area contributed by atoms with Gasteiger partial charge in [0.25, 0.3) is 0 Å². The third-order valence-electron chi connectivity index (χ3n) is 5.28. The maximum Gasteiger partial charge on any atom is 0.303 e. The molecule has 0 atom stereocenters. The lowest BCUT2D eigenvalue weighted by Gasteiger charge is -2.14. The second-order valence-corrected chi connectivity index (χ2v) is 8.18. The molecule has 0 aliphatic carbocycles. The van der Waals surface area contributed by atoms with Gasteiger partial charge < -0.3 is 19.6 Å². The molecule has 7 nitrogen and oxygen atoms in total. The average Bonchev–Trinajstić information content (AvgIpc) is 3.17. The van der Waals surface area contributed by atoms with Gasteiger partial charge in [0, 0.05) is 30.9 Å². The first-order valence-corrected chi connectivity index (χ1v) is 11.1. The van der Waals surface area contributed by atoms with E-state index in [0.29, 0.717) is 37.6 Å². The molecule has 2 aromatic carbocycles. The molecule has 0 aliphatic rings. The van der Waals surface area contributed by atoms with Crippen LogP contribution in [0.3, 0.4) is 0 Å². The van der Waals surface area contributed by atoms with Crippen molar-refractivity contribution in [2.24, 2.45) is 5.92 Å². The van der Waals surface area contributed by atoms with E-state index in [9.17, 15) is 9.59 Å². The fraction of sp³-hybridized carbons (Fsp3) is 0.346. The smallest absolute Gasteiger partial charge is 0.303 e. The van der Waals surface area contributed by atoms with Crippen molar-refractivity contribution in [1.29, 1.82) is 0 Å². The van der Waals surface area contributed by atoms with Crippen LogP contribution in [0.2, 0.25) is 0 Å². The molecule has 1 heterocycles. The van der Waals surface area contributed by atoms with E-state index in [4.69, 9.17) is 14.3 Å². The summed E-state index contributed by atoms with van der Waals surface area (Å²) in [6.07, 6.45) is 1.01. The molecule has 0 aliphatic heterocycles. The van der Waals surface area contributed by atoms with Crippen molar-refractivity contribution in [3.63, 3.8) is 0 Å². The zero-order valence-corrected chi connectivity index (χ0v) is 19.3. The molecular weight excluding hydrogens is 420 g/mol. The van der Waals surface area contributed by atoms with Crippen molar-refractivity contribution in [3.05, 3.63) is 71.1 Å². The number of ether oxygens (including phenoxy) is 1. The minimum absolute atomic E-state index is 0.0283. The largest absolute Gasteiger partial charge is 0.493 e. The van der Waals surface area contributed by atoms with Crippen LogP contribution in [0.5, 0.6) is 5.75 Å². The molecule has 3 rings (SSSR count). The van der Waals surface area contributed by atoms with Gasteiger partial charge in [0.1, 0.15) is 11.5 Å². The number of nitrogens with one attached hydrogen (secondary N) is 1. The van der Waals surface area contributed by atoms with Gasteiger partial charge in [-0.3, -0.25) is 9.59 Å². The number of aliphatic carboxylic acids is 1. The van der Waals surface area contributed by atoms with Crippen molar-refractivity contribution in [3.8, 4) is 17.2 Å². The number of carbonyl (C=O) groups is 2. The molecule has 174 valence electrons. The molecule has 2 N–H and O–H groups in total. The van der Waals surface area contributed by atoms with Crippen molar-refractivity contribution >= 4 is 11.9 Å². The molecule has 0 bridgehead atoms. The summed E-state index contributed by atoms with van der Waals surface area (Å²) in [6, 6.07) is 15.3. The number of aromatic nitrogens is 1. The second kappa shape index (κ2) is 11.3. The normalized spacial score (nSPS) is 10.9. The SMILES string of the molecule is Cc1oc(-c2ccccc2)nc1CCOc1ccc(CCC(=O)O)c(CNC(=O)C(C)C)c1. The second-order valence-electron chi connectivity index (χ2n) is 8.18. The number of hydrogen-bond acceptors (Lipinski definition) is 5. The van der Waals surface area contributed by atoms with Crippen LogP contribution in [0.25, 0.3) is 11.5 Å². The van der Waals surface area contributed by atoms with Crippen molar-refractivity contribution in [1.82, 2.24) is 10.3 Å². The highest BCUT2D eigenvalue weighted by atomic mass is 16.5. The van der Waals surface area contributed by atoms with Gasteiger partial charge in [0.15, 0.2) is 0 Å². The van der Waals surface area contributed by atoms with E-state index >= 15 is 0 Å². The highest BCUT2D eigenvalue weighted by molar-refractivity contribution is 5.77. The van der Waals surface area contributed by atoms with E-state index in [2.05, 4.69) is 10.3 Å². The Bertz CT molecular complexity index is 1090. The highest BCUT2D eigenvalue weighted by Gasteiger charge is 2.13. The van der Waals surface area contributed by atoms with E-state index in [1.807, 2.05) is 69.3 Å². The number of amides is 1. The summed E-state index contributed by atoms with van der Waals surface area (Å²) in [5, 5.41) is 11.9. The van der Waals surface area contributed by atoms with Crippen molar-refractivity contribution in [2.75, 3.05) is 6.61 Å². The zero-order valence-electron chi connectivity index (χ0n) is 19.3. The highest BCUT2D eigenvalue weighted by Crippen LogP contribution is 2.23. The number of carboxylic acid groups (broad SMARTS) is 1. The standard InChI is InChI=1S/C26H30N2O5/c1-17(2)25(31)27-16-21-15-22(11-9-19(21)10-12-24(29)30)32-14-13-23-18(3)33-26(28-23)20-7-5-4-6-8-20/h4-9,11,15,17H,10,12-14,16H2,1-3H3,(H,27,31)(H,29,30). The van der Waals surface area contributed by atoms with Crippen LogP contribution in [0.4, 0.5) is 0 Å². The summed E-state index contributed by atoms with van der Waals surface area (Å²) in [7, 11) is 0. The molecule has 3 aromatic rings. The average molecular weight is 451 g/mol. The molecule has 1 amide bonds. The number of oxazole rings is 1. The minimum Gasteiger partial charge on any atom is -0.493 e. The zero-order chi connectivity index (χ0) is 23.8. The lowest BCUT2D eigenvalue weighted by atomic mass is 10.0. The van der Waals surface area contributed by atoms with Crippen LogP contribution in [-0.2, 0) is 29.0 Å². The van der Waals surface area contributed by atoms with Gasteiger partial charge in [-0.1, -0.05) is 38.1 Å². The van der Waals surface area contributed by atoms with Gasteiger partial charge in [-0.05, 0) is 48.7 Å². The third kappa shape index (κ3) is 6.94. The Morgan fingerprint density at radius 2 is 1.85 bits per heavy atom. The lowest BCUT2D eigenvalue weighted by molar-refractivity contribution is -0.137. The molecule has 0 spiro atoms. The first kappa shape index (κ1) is 24.0. The Morgan fingerprint density at radius 3 is 2.55 bits per heavy atom. The van der Waals surface area contributed by atoms with Crippen LogP contribution in [0, 0.1) is 12.8 Å². The van der Waals surface area contributed by atoms with Crippen LogP contribution in [-0.4, -0.2) is 28.6 Å². The van der Waals surface area contributed by atoms with Gasteiger partial charge in [0.05, 0.1) is 12.3 Å². The number of carboxylic acids is 1. The molecule has 0 saturated carbocycles. The van der Waals surface area contributed by atoms with Gasteiger partial charge in [0.2, 0.25) is 11.8 Å². The van der Waals surface area contributed by atoms with E-state index in [1.54, 1.807) is 0 Å². The summed E-state index contributed by atoms with van der Waals surface area (Å²) in [6.45, 7) is 6.28. The quantitative estimate of drug-likeness (QED) is 0.444. The summed E-state index contributed by atoms with van der Waals surface area (Å²) in [5.74, 6) is 0.977. The topological polar surface area (TPSA) is 102 Å². The summed E-state index contributed by atoms with van der Waals surface area (Å²) >= 11 is 0. The van der Waals surface area contributed by atoms with E-state index in [0.717, 1.165) is 28.1 Å². The third-order valence-corrected chi connectivity index (χ3v) is 5.28. The Morgan fingerprint density at radius 1 is 1.09 bits per heavy atom. The summed E-state index contributed by atoms with van der Waals surface area (Å²) in [5.41, 5.74) is 3.51. The van der Waals surface area contributed by atoms with E-state index < -0.39 is 5.97 Å². The van der Waals surface area contributed by atoms with Gasteiger partial charge in [-0.15, -0.1) is 0 Å². The molecular formula is C26H30N2O5.